The molecule has 0 spiro atoms. The molecule has 108 valence electrons. The minimum absolute atomic E-state index is 0.0293. The molecule has 0 aliphatic carbocycles. The molecule has 5 heteroatoms. The smallest absolute Gasteiger partial charge is 0.342 e. The number of Topliss-reactive ketones (excluding diaryl/α,β-unsaturated/α-hetero) is 1. The minimum Gasteiger partial charge on any atom is -0.456 e. The average molecular weight is 315 g/mol. The van der Waals surface area contributed by atoms with Gasteiger partial charge in [-0.25, -0.2) is 4.79 Å². The molecule has 3 nitrogen and oxygen atoms in total. The van der Waals surface area contributed by atoms with Gasteiger partial charge in [0.2, 0.25) is 0 Å². The van der Waals surface area contributed by atoms with Gasteiger partial charge in [-0.3, -0.25) is 4.79 Å². The monoisotopic (exact) mass is 314 g/mol. The van der Waals surface area contributed by atoms with E-state index in [9.17, 15) is 9.59 Å². The van der Waals surface area contributed by atoms with Gasteiger partial charge in [0.05, 0.1) is 10.0 Å². The molecule has 20 heavy (non-hydrogen) atoms. The Hall–Kier alpha value is -1.32. The highest BCUT2D eigenvalue weighted by atomic mass is 35.5. The summed E-state index contributed by atoms with van der Waals surface area (Å²) in [4.78, 5) is 23.6. The molecule has 0 saturated carbocycles. The molecule has 1 aromatic carbocycles. The summed E-state index contributed by atoms with van der Waals surface area (Å²) in [6, 6.07) is 4.85. The second-order valence-corrected chi connectivity index (χ2v) is 6.10. The Morgan fingerprint density at radius 3 is 2.20 bits per heavy atom. The van der Waals surface area contributed by atoms with Crippen LogP contribution in [0.1, 0.15) is 33.3 Å². The van der Waals surface area contributed by atoms with Crippen molar-refractivity contribution in [2.45, 2.75) is 33.3 Å². The van der Waals surface area contributed by atoms with Crippen molar-refractivity contribution in [1.29, 1.82) is 0 Å². The number of carbonyl (C=O) groups excluding carboxylic acids is 2. The van der Waals surface area contributed by atoms with Crippen molar-refractivity contribution >= 4 is 41.0 Å². The van der Waals surface area contributed by atoms with E-state index in [0.717, 1.165) is 0 Å². The Morgan fingerprint density at radius 1 is 1.15 bits per heavy atom. The predicted molar refractivity (Wildman–Crippen MR) is 81.0 cm³/mol. The maximum atomic E-state index is 12.0. The van der Waals surface area contributed by atoms with E-state index in [0.29, 0.717) is 15.6 Å². The summed E-state index contributed by atoms with van der Waals surface area (Å²) in [5, 5.41) is 0.762. The van der Waals surface area contributed by atoms with Gasteiger partial charge in [0, 0.05) is 0 Å². The van der Waals surface area contributed by atoms with Crippen LogP contribution < -0.4 is 0 Å². The van der Waals surface area contributed by atoms with Crippen LogP contribution in [0.4, 0.5) is 0 Å². The van der Waals surface area contributed by atoms with Crippen LogP contribution in [0.3, 0.4) is 0 Å². The zero-order valence-electron chi connectivity index (χ0n) is 11.8. The van der Waals surface area contributed by atoms with Crippen LogP contribution in [-0.2, 0) is 14.3 Å². The number of benzene rings is 1. The molecule has 0 heterocycles. The van der Waals surface area contributed by atoms with Crippen molar-refractivity contribution in [3.8, 4) is 0 Å². The molecule has 0 aromatic heterocycles. The fourth-order valence-electron chi connectivity index (χ4n) is 1.41. The highest BCUT2D eigenvalue weighted by Gasteiger charge is 2.22. The fourth-order valence-corrected chi connectivity index (χ4v) is 1.71. The first-order valence-corrected chi connectivity index (χ1v) is 6.77. The summed E-state index contributed by atoms with van der Waals surface area (Å²) in [5.74, 6) is -1.03. The molecule has 0 fully saturated rings. The number of esters is 1. The molecule has 0 bridgehead atoms. The van der Waals surface area contributed by atoms with Crippen molar-refractivity contribution in [3.05, 3.63) is 39.4 Å². The van der Waals surface area contributed by atoms with Gasteiger partial charge in [-0.2, -0.15) is 0 Å². The molecule has 0 unspecified atom stereocenters. The number of carbonyl (C=O) groups is 2. The summed E-state index contributed by atoms with van der Waals surface area (Å²) < 4.78 is 5.20. The standard InChI is InChI=1S/C15H16Cl2O3/c1-9(18)11(14(19)20-15(2,3)4)7-10-5-6-12(16)13(17)8-10/h5-8H,1-4H3. The van der Waals surface area contributed by atoms with Gasteiger partial charge < -0.3 is 4.74 Å². The van der Waals surface area contributed by atoms with E-state index in [1.165, 1.54) is 13.0 Å². The molecule has 0 radical (unpaired) electrons. The number of hydrogen-bond donors (Lipinski definition) is 0. The molecule has 0 amide bonds. The Bertz CT molecular complexity index is 569. The molecule has 0 N–H and O–H groups in total. The van der Waals surface area contributed by atoms with E-state index < -0.39 is 11.6 Å². The van der Waals surface area contributed by atoms with Crippen molar-refractivity contribution in [3.63, 3.8) is 0 Å². The molecule has 0 aliphatic rings. The largest absolute Gasteiger partial charge is 0.456 e. The van der Waals surface area contributed by atoms with E-state index in [1.807, 2.05) is 0 Å². The van der Waals surface area contributed by atoms with Crippen LogP contribution in [0.25, 0.3) is 6.08 Å². The lowest BCUT2D eigenvalue weighted by atomic mass is 10.1. The van der Waals surface area contributed by atoms with E-state index in [2.05, 4.69) is 0 Å². The highest BCUT2D eigenvalue weighted by Crippen LogP contribution is 2.24. The van der Waals surface area contributed by atoms with Gasteiger partial charge in [0.1, 0.15) is 11.2 Å². The molecular formula is C15H16Cl2O3. The van der Waals surface area contributed by atoms with Crippen LogP contribution >= 0.6 is 23.2 Å². The number of rotatable bonds is 3. The second-order valence-electron chi connectivity index (χ2n) is 5.29. The summed E-state index contributed by atoms with van der Waals surface area (Å²) in [7, 11) is 0. The maximum absolute atomic E-state index is 12.0. The normalized spacial score (nSPS) is 12.2. The summed E-state index contributed by atoms with van der Waals surface area (Å²) in [6.07, 6.45) is 1.44. The van der Waals surface area contributed by atoms with Crippen LogP contribution in [0.5, 0.6) is 0 Å². The fraction of sp³-hybridized carbons (Fsp3) is 0.333. The third-order valence-electron chi connectivity index (χ3n) is 2.25. The van der Waals surface area contributed by atoms with Gasteiger partial charge in [-0.15, -0.1) is 0 Å². The SMILES string of the molecule is CC(=O)C(=Cc1ccc(Cl)c(Cl)c1)C(=O)OC(C)(C)C. The molecule has 1 aromatic rings. The number of ether oxygens (including phenoxy) is 1. The van der Waals surface area contributed by atoms with Gasteiger partial charge in [0.15, 0.2) is 5.78 Å². The average Bonchev–Trinajstić information content (AvgIpc) is 2.27. The van der Waals surface area contributed by atoms with Crippen molar-refractivity contribution in [1.82, 2.24) is 0 Å². The Balaban J connectivity index is 3.13. The second kappa shape index (κ2) is 6.42. The van der Waals surface area contributed by atoms with Crippen molar-refractivity contribution < 1.29 is 14.3 Å². The maximum Gasteiger partial charge on any atom is 0.342 e. The number of hydrogen-bond acceptors (Lipinski definition) is 3. The quantitative estimate of drug-likeness (QED) is 0.361. The third-order valence-corrected chi connectivity index (χ3v) is 2.99. The summed E-state index contributed by atoms with van der Waals surface area (Å²) >= 11 is 11.7. The van der Waals surface area contributed by atoms with Gasteiger partial charge in [-0.05, 0) is 51.5 Å². The molecular weight excluding hydrogens is 299 g/mol. The summed E-state index contributed by atoms with van der Waals surface area (Å²) in [5.41, 5.74) is -0.0859. The molecule has 0 atom stereocenters. The van der Waals surface area contributed by atoms with Crippen LogP contribution in [-0.4, -0.2) is 17.4 Å². The third kappa shape index (κ3) is 4.99. The van der Waals surface area contributed by atoms with Gasteiger partial charge in [-0.1, -0.05) is 29.3 Å². The van der Waals surface area contributed by atoms with Crippen molar-refractivity contribution in [2.75, 3.05) is 0 Å². The summed E-state index contributed by atoms with van der Waals surface area (Å²) in [6.45, 7) is 6.53. The van der Waals surface area contributed by atoms with Gasteiger partial charge in [0.25, 0.3) is 0 Å². The lowest BCUT2D eigenvalue weighted by Gasteiger charge is -2.19. The Morgan fingerprint density at radius 2 is 1.75 bits per heavy atom. The first kappa shape index (κ1) is 16.7. The Labute approximate surface area is 128 Å². The van der Waals surface area contributed by atoms with E-state index in [-0.39, 0.29) is 11.4 Å². The van der Waals surface area contributed by atoms with Crippen LogP contribution in [0.2, 0.25) is 10.0 Å². The highest BCUT2D eigenvalue weighted by molar-refractivity contribution is 6.42. The molecule has 0 aliphatic heterocycles. The van der Waals surface area contributed by atoms with E-state index in [4.69, 9.17) is 27.9 Å². The Kier molecular flexibility index (Phi) is 5.37. The minimum atomic E-state index is -0.663. The first-order chi connectivity index (χ1) is 9.10. The zero-order chi connectivity index (χ0) is 15.5. The van der Waals surface area contributed by atoms with E-state index in [1.54, 1.807) is 39.0 Å². The zero-order valence-corrected chi connectivity index (χ0v) is 13.3. The predicted octanol–water partition coefficient (Wildman–Crippen LogP) is 4.31. The van der Waals surface area contributed by atoms with Crippen molar-refractivity contribution in [2.24, 2.45) is 0 Å². The molecule has 0 saturated heterocycles. The van der Waals surface area contributed by atoms with Crippen LogP contribution in [0, 0.1) is 0 Å². The number of halogens is 2. The lowest BCUT2D eigenvalue weighted by Crippen LogP contribution is -2.26. The number of ketones is 1. The first-order valence-electron chi connectivity index (χ1n) is 6.01. The topological polar surface area (TPSA) is 43.4 Å². The molecule has 1 rings (SSSR count). The lowest BCUT2D eigenvalue weighted by molar-refractivity contribution is -0.150. The van der Waals surface area contributed by atoms with E-state index >= 15 is 0 Å². The van der Waals surface area contributed by atoms with Crippen LogP contribution in [0.15, 0.2) is 23.8 Å². The van der Waals surface area contributed by atoms with Gasteiger partial charge >= 0.3 is 5.97 Å².